The van der Waals surface area contributed by atoms with Crippen LogP contribution < -0.4 is 11.1 Å². The lowest BCUT2D eigenvalue weighted by atomic mass is 10.1. The van der Waals surface area contributed by atoms with Crippen LogP contribution in [0.25, 0.3) is 0 Å². The molecule has 1 fully saturated rings. The first kappa shape index (κ1) is 12.5. The summed E-state index contributed by atoms with van der Waals surface area (Å²) in [5.41, 5.74) is 7.74. The maximum atomic E-state index is 11.9. The van der Waals surface area contributed by atoms with E-state index in [-0.39, 0.29) is 11.4 Å². The molecule has 0 bridgehead atoms. The summed E-state index contributed by atoms with van der Waals surface area (Å²) in [5.74, 6) is -0.0237. The molecule has 1 amide bonds. The van der Waals surface area contributed by atoms with Gasteiger partial charge in [-0.15, -0.1) is 11.3 Å². The van der Waals surface area contributed by atoms with Crippen LogP contribution in [0.15, 0.2) is 11.7 Å². The molecule has 1 saturated carbocycles. The van der Waals surface area contributed by atoms with Gasteiger partial charge in [0.15, 0.2) is 0 Å². The molecule has 1 aliphatic rings. The first-order chi connectivity index (χ1) is 8.15. The predicted molar refractivity (Wildman–Crippen MR) is 68.8 cm³/mol. The monoisotopic (exact) mass is 253 g/mol. The quantitative estimate of drug-likeness (QED) is 0.806. The van der Waals surface area contributed by atoms with Crippen LogP contribution in [0.1, 0.15) is 37.5 Å². The van der Waals surface area contributed by atoms with Crippen LogP contribution in [-0.2, 0) is 11.2 Å². The molecule has 0 spiro atoms. The van der Waals surface area contributed by atoms with Gasteiger partial charge in [0.1, 0.15) is 0 Å². The lowest BCUT2D eigenvalue weighted by Gasteiger charge is -2.19. The van der Waals surface area contributed by atoms with Crippen LogP contribution >= 0.6 is 11.3 Å². The average Bonchev–Trinajstić information content (AvgIpc) is 2.85. The Morgan fingerprint density at radius 1 is 1.71 bits per heavy atom. The Morgan fingerprint density at radius 2 is 2.47 bits per heavy atom. The van der Waals surface area contributed by atoms with Crippen molar-refractivity contribution in [2.45, 2.75) is 50.6 Å². The van der Waals surface area contributed by atoms with Crippen molar-refractivity contribution in [3.8, 4) is 0 Å². The number of amides is 1. The molecular formula is C12H19N3OS. The Hall–Kier alpha value is -0.940. The maximum absolute atomic E-state index is 11.9. The summed E-state index contributed by atoms with van der Waals surface area (Å²) in [4.78, 5) is 17.0. The molecule has 4 nitrogen and oxygen atoms in total. The molecule has 94 valence electrons. The maximum Gasteiger partial charge on any atom is 0.237 e. The predicted octanol–water partition coefficient (Wildman–Crippen LogP) is 1.46. The molecule has 1 aromatic rings. The minimum absolute atomic E-state index is 0.0237. The fraction of sp³-hybridized carbons (Fsp3) is 0.667. The number of nitrogens with one attached hydrogen (secondary N) is 1. The largest absolute Gasteiger partial charge is 0.349 e. The van der Waals surface area contributed by atoms with Crippen molar-refractivity contribution < 1.29 is 4.79 Å². The highest BCUT2D eigenvalue weighted by Crippen LogP contribution is 2.39. The SMILES string of the molecule is CCCC1(NC(=O)C(N)Cc2cncs2)CC1. The summed E-state index contributed by atoms with van der Waals surface area (Å²) in [6, 6.07) is -0.454. The zero-order valence-electron chi connectivity index (χ0n) is 10.1. The highest BCUT2D eigenvalue weighted by atomic mass is 32.1. The van der Waals surface area contributed by atoms with E-state index < -0.39 is 6.04 Å². The van der Waals surface area contributed by atoms with Crippen molar-refractivity contribution >= 4 is 17.2 Å². The van der Waals surface area contributed by atoms with E-state index in [2.05, 4.69) is 17.2 Å². The van der Waals surface area contributed by atoms with Gasteiger partial charge in [0.2, 0.25) is 5.91 Å². The Labute approximate surface area is 106 Å². The van der Waals surface area contributed by atoms with E-state index in [0.29, 0.717) is 6.42 Å². The minimum atomic E-state index is -0.454. The Kier molecular flexibility index (Phi) is 3.79. The van der Waals surface area contributed by atoms with Gasteiger partial charge in [-0.25, -0.2) is 0 Å². The zero-order valence-corrected chi connectivity index (χ0v) is 10.9. The van der Waals surface area contributed by atoms with Gasteiger partial charge in [-0.2, -0.15) is 0 Å². The molecule has 0 saturated heterocycles. The third kappa shape index (κ3) is 3.26. The summed E-state index contributed by atoms with van der Waals surface area (Å²) < 4.78 is 0. The van der Waals surface area contributed by atoms with E-state index in [1.54, 1.807) is 23.0 Å². The molecule has 1 aromatic heterocycles. The summed E-state index contributed by atoms with van der Waals surface area (Å²) in [7, 11) is 0. The number of hydrogen-bond acceptors (Lipinski definition) is 4. The first-order valence-corrected chi connectivity index (χ1v) is 6.98. The third-order valence-electron chi connectivity index (χ3n) is 3.21. The van der Waals surface area contributed by atoms with Crippen molar-refractivity contribution in [1.29, 1.82) is 0 Å². The summed E-state index contributed by atoms with van der Waals surface area (Å²) in [5, 5.41) is 3.10. The van der Waals surface area contributed by atoms with Crippen molar-refractivity contribution in [3.05, 3.63) is 16.6 Å². The van der Waals surface area contributed by atoms with Crippen molar-refractivity contribution in [3.63, 3.8) is 0 Å². The second-order valence-electron chi connectivity index (χ2n) is 4.80. The van der Waals surface area contributed by atoms with Crippen LogP contribution in [0.2, 0.25) is 0 Å². The number of nitrogens with two attached hydrogens (primary N) is 1. The van der Waals surface area contributed by atoms with Gasteiger partial charge in [-0.05, 0) is 19.3 Å². The zero-order chi connectivity index (χ0) is 12.3. The first-order valence-electron chi connectivity index (χ1n) is 6.10. The number of aromatic nitrogens is 1. The Balaban J connectivity index is 1.83. The van der Waals surface area contributed by atoms with Crippen LogP contribution in [-0.4, -0.2) is 22.5 Å². The number of carbonyl (C=O) groups excluding carboxylic acids is 1. The fourth-order valence-electron chi connectivity index (χ4n) is 2.07. The minimum Gasteiger partial charge on any atom is -0.349 e. The van der Waals surface area contributed by atoms with E-state index in [1.165, 1.54) is 0 Å². The molecule has 17 heavy (non-hydrogen) atoms. The second kappa shape index (κ2) is 5.14. The molecule has 1 unspecified atom stereocenters. The Bertz CT molecular complexity index is 373. The van der Waals surface area contributed by atoms with Crippen LogP contribution in [0.3, 0.4) is 0 Å². The molecule has 3 N–H and O–H groups in total. The van der Waals surface area contributed by atoms with Gasteiger partial charge >= 0.3 is 0 Å². The average molecular weight is 253 g/mol. The Morgan fingerprint density at radius 3 is 3.00 bits per heavy atom. The van der Waals surface area contributed by atoms with E-state index in [4.69, 9.17) is 5.73 Å². The van der Waals surface area contributed by atoms with E-state index in [9.17, 15) is 4.79 Å². The smallest absolute Gasteiger partial charge is 0.237 e. The number of nitrogens with zero attached hydrogens (tertiary/aromatic N) is 1. The highest BCUT2D eigenvalue weighted by molar-refractivity contribution is 7.09. The van der Waals surface area contributed by atoms with E-state index in [0.717, 1.165) is 30.6 Å². The van der Waals surface area contributed by atoms with E-state index in [1.807, 2.05) is 0 Å². The molecule has 0 radical (unpaired) electrons. The molecule has 2 rings (SSSR count). The number of hydrogen-bond donors (Lipinski definition) is 2. The van der Waals surface area contributed by atoms with Gasteiger partial charge < -0.3 is 11.1 Å². The molecule has 0 aromatic carbocycles. The third-order valence-corrected chi connectivity index (χ3v) is 4.01. The topological polar surface area (TPSA) is 68.0 Å². The second-order valence-corrected chi connectivity index (χ2v) is 5.77. The van der Waals surface area contributed by atoms with Gasteiger partial charge in [0.05, 0.1) is 11.6 Å². The number of carbonyl (C=O) groups is 1. The lowest BCUT2D eigenvalue weighted by molar-refractivity contribution is -0.123. The summed E-state index contributed by atoms with van der Waals surface area (Å²) in [6.45, 7) is 2.14. The lowest BCUT2D eigenvalue weighted by Crippen LogP contribution is -2.47. The van der Waals surface area contributed by atoms with Crippen molar-refractivity contribution in [2.75, 3.05) is 0 Å². The summed E-state index contributed by atoms with van der Waals surface area (Å²) in [6.07, 6.45) is 6.71. The molecule has 1 heterocycles. The van der Waals surface area contributed by atoms with Gasteiger partial charge in [0.25, 0.3) is 0 Å². The molecule has 5 heteroatoms. The molecule has 1 atom stereocenters. The normalized spacial score (nSPS) is 18.7. The highest BCUT2D eigenvalue weighted by Gasteiger charge is 2.43. The van der Waals surface area contributed by atoms with Crippen LogP contribution in [0, 0.1) is 0 Å². The van der Waals surface area contributed by atoms with Crippen LogP contribution in [0.4, 0.5) is 0 Å². The van der Waals surface area contributed by atoms with Crippen molar-refractivity contribution in [2.24, 2.45) is 5.73 Å². The fourth-order valence-corrected chi connectivity index (χ4v) is 2.73. The number of thiazole rings is 1. The van der Waals surface area contributed by atoms with E-state index >= 15 is 0 Å². The van der Waals surface area contributed by atoms with Gasteiger partial charge in [-0.1, -0.05) is 13.3 Å². The molecule has 0 aliphatic heterocycles. The number of rotatable bonds is 6. The van der Waals surface area contributed by atoms with Gasteiger partial charge in [0, 0.05) is 23.0 Å². The van der Waals surface area contributed by atoms with Gasteiger partial charge in [-0.3, -0.25) is 9.78 Å². The molecular weight excluding hydrogens is 234 g/mol. The van der Waals surface area contributed by atoms with Crippen LogP contribution in [0.5, 0.6) is 0 Å². The molecule has 1 aliphatic carbocycles. The van der Waals surface area contributed by atoms with Crippen molar-refractivity contribution in [1.82, 2.24) is 10.3 Å². The standard InChI is InChI=1S/C12H19N3OS/c1-2-3-12(4-5-12)15-11(16)10(13)6-9-7-14-8-17-9/h7-8,10H,2-6,13H2,1H3,(H,15,16). The summed E-state index contributed by atoms with van der Waals surface area (Å²) >= 11 is 1.54.